The van der Waals surface area contributed by atoms with Crippen LogP contribution in [-0.4, -0.2) is 12.4 Å². The van der Waals surface area contributed by atoms with Gasteiger partial charge < -0.3 is 0 Å². The normalized spacial score (nSPS) is 11.9. The minimum atomic E-state index is -3.78. The monoisotopic (exact) mass is 325 g/mol. The minimum Gasteiger partial charge on any atom is -0.241 e. The van der Waals surface area contributed by atoms with Gasteiger partial charge in [0.15, 0.2) is 0 Å². The molecule has 0 bridgehead atoms. The van der Waals surface area contributed by atoms with Gasteiger partial charge in [-0.1, -0.05) is 41.4 Å². The lowest BCUT2D eigenvalue weighted by molar-refractivity contribution is 0.589. The third-order valence-corrected chi connectivity index (χ3v) is 5.40. The predicted molar refractivity (Wildman–Crippen MR) is 81.0 cm³/mol. The molecule has 0 fully saturated rings. The molecule has 3 aromatic rings. The van der Waals surface area contributed by atoms with E-state index in [-0.39, 0.29) is 9.92 Å². The minimum absolute atomic E-state index is 0.00646. The van der Waals surface area contributed by atoms with Crippen LogP contribution in [0.4, 0.5) is 0 Å². The molecule has 0 saturated carbocycles. The zero-order chi connectivity index (χ0) is 14.3. The highest BCUT2D eigenvalue weighted by molar-refractivity contribution is 7.90. The highest BCUT2D eigenvalue weighted by Gasteiger charge is 2.22. The van der Waals surface area contributed by atoms with E-state index >= 15 is 0 Å². The quantitative estimate of drug-likeness (QED) is 0.708. The number of fused-ring (bicyclic) bond motifs is 1. The number of hydrogen-bond donors (Lipinski definition) is 0. The van der Waals surface area contributed by atoms with Gasteiger partial charge in [-0.25, -0.2) is 12.4 Å². The zero-order valence-corrected chi connectivity index (χ0v) is 12.5. The molecule has 0 saturated heterocycles. The number of halogens is 2. The van der Waals surface area contributed by atoms with E-state index in [2.05, 4.69) is 0 Å². The van der Waals surface area contributed by atoms with E-state index in [0.29, 0.717) is 10.5 Å². The van der Waals surface area contributed by atoms with E-state index in [1.807, 2.05) is 12.1 Å². The molecule has 0 radical (unpaired) electrons. The molecule has 0 atom stereocenters. The van der Waals surface area contributed by atoms with Crippen molar-refractivity contribution in [1.29, 1.82) is 0 Å². The fourth-order valence-electron chi connectivity index (χ4n) is 2.05. The molecule has 102 valence electrons. The van der Waals surface area contributed by atoms with Crippen LogP contribution in [0.5, 0.6) is 0 Å². The van der Waals surface area contributed by atoms with Crippen LogP contribution in [0.1, 0.15) is 0 Å². The first-order valence-corrected chi connectivity index (χ1v) is 7.96. The maximum Gasteiger partial charge on any atom is 0.269 e. The van der Waals surface area contributed by atoms with Crippen molar-refractivity contribution in [3.63, 3.8) is 0 Å². The average molecular weight is 326 g/mol. The van der Waals surface area contributed by atoms with Crippen molar-refractivity contribution in [1.82, 2.24) is 3.97 Å². The van der Waals surface area contributed by atoms with Crippen LogP contribution in [0.2, 0.25) is 10.0 Å². The molecule has 6 heteroatoms. The Hall–Kier alpha value is -1.49. The lowest BCUT2D eigenvalue weighted by atomic mass is 10.3. The third-order valence-electron chi connectivity index (χ3n) is 2.99. The van der Waals surface area contributed by atoms with Crippen molar-refractivity contribution in [2.45, 2.75) is 4.90 Å². The van der Waals surface area contributed by atoms with E-state index in [1.54, 1.807) is 24.3 Å². The van der Waals surface area contributed by atoms with Gasteiger partial charge >= 0.3 is 0 Å². The number of para-hydroxylation sites is 1. The van der Waals surface area contributed by atoms with Gasteiger partial charge in [-0.2, -0.15) is 0 Å². The van der Waals surface area contributed by atoms with Gasteiger partial charge in [-0.05, 0) is 30.3 Å². The Labute approximate surface area is 126 Å². The average Bonchev–Trinajstić information content (AvgIpc) is 2.86. The summed E-state index contributed by atoms with van der Waals surface area (Å²) < 4.78 is 26.6. The van der Waals surface area contributed by atoms with E-state index in [1.165, 1.54) is 22.3 Å². The summed E-state index contributed by atoms with van der Waals surface area (Å²) in [5.74, 6) is 0. The van der Waals surface area contributed by atoms with Crippen molar-refractivity contribution in [2.75, 3.05) is 0 Å². The number of aromatic nitrogens is 1. The Morgan fingerprint density at radius 2 is 1.70 bits per heavy atom. The molecular formula is C14H9Cl2NO2S. The number of rotatable bonds is 2. The first-order chi connectivity index (χ1) is 9.50. The molecule has 3 rings (SSSR count). The van der Waals surface area contributed by atoms with Crippen LogP contribution in [-0.2, 0) is 10.0 Å². The second-order valence-corrected chi connectivity index (χ2v) is 6.88. The SMILES string of the molecule is O=S(=O)(c1cc(Cl)ccc1Cl)n1ccc2ccccc21. The van der Waals surface area contributed by atoms with Gasteiger partial charge in [0.05, 0.1) is 10.5 Å². The molecular weight excluding hydrogens is 317 g/mol. The van der Waals surface area contributed by atoms with Gasteiger partial charge in [-0.3, -0.25) is 0 Å². The standard InChI is InChI=1S/C14H9Cl2NO2S/c15-11-5-6-12(16)14(9-11)20(18,19)17-8-7-10-3-1-2-4-13(10)17/h1-9H. The molecule has 1 aromatic heterocycles. The first-order valence-electron chi connectivity index (χ1n) is 5.77. The molecule has 0 amide bonds. The molecule has 20 heavy (non-hydrogen) atoms. The molecule has 0 aliphatic rings. The van der Waals surface area contributed by atoms with Crippen molar-refractivity contribution >= 4 is 44.1 Å². The van der Waals surface area contributed by atoms with Crippen molar-refractivity contribution in [2.24, 2.45) is 0 Å². The zero-order valence-electron chi connectivity index (χ0n) is 10.1. The van der Waals surface area contributed by atoms with Crippen molar-refractivity contribution in [3.05, 3.63) is 64.8 Å². The Morgan fingerprint density at radius 1 is 0.950 bits per heavy atom. The summed E-state index contributed by atoms with van der Waals surface area (Å²) in [4.78, 5) is -0.00646. The van der Waals surface area contributed by atoms with Crippen LogP contribution < -0.4 is 0 Å². The van der Waals surface area contributed by atoms with Crippen molar-refractivity contribution in [3.8, 4) is 0 Å². The molecule has 0 aliphatic heterocycles. The Kier molecular flexibility index (Phi) is 3.24. The van der Waals surface area contributed by atoms with Crippen LogP contribution in [0, 0.1) is 0 Å². The maximum atomic E-state index is 12.7. The Bertz CT molecular complexity index is 900. The van der Waals surface area contributed by atoms with Crippen LogP contribution in [0.25, 0.3) is 10.9 Å². The summed E-state index contributed by atoms with van der Waals surface area (Å²) in [7, 11) is -3.78. The summed E-state index contributed by atoms with van der Waals surface area (Å²) in [6, 6.07) is 13.4. The van der Waals surface area contributed by atoms with Gasteiger partial charge in [0, 0.05) is 16.6 Å². The molecule has 0 aliphatic carbocycles. The summed E-state index contributed by atoms with van der Waals surface area (Å²) in [6.07, 6.45) is 1.51. The van der Waals surface area contributed by atoms with E-state index < -0.39 is 10.0 Å². The summed E-state index contributed by atoms with van der Waals surface area (Å²) in [5.41, 5.74) is 0.601. The van der Waals surface area contributed by atoms with Crippen LogP contribution >= 0.6 is 23.2 Å². The lowest BCUT2D eigenvalue weighted by Crippen LogP contribution is -2.12. The highest BCUT2D eigenvalue weighted by Crippen LogP contribution is 2.29. The highest BCUT2D eigenvalue weighted by atomic mass is 35.5. The molecule has 0 N–H and O–H groups in total. The van der Waals surface area contributed by atoms with E-state index in [4.69, 9.17) is 23.2 Å². The number of hydrogen-bond acceptors (Lipinski definition) is 2. The second-order valence-electron chi connectivity index (χ2n) is 4.25. The molecule has 2 aromatic carbocycles. The fourth-order valence-corrected chi connectivity index (χ4v) is 4.14. The Morgan fingerprint density at radius 3 is 2.50 bits per heavy atom. The Balaban J connectivity index is 2.29. The van der Waals surface area contributed by atoms with Gasteiger partial charge in [0.25, 0.3) is 10.0 Å². The maximum absolute atomic E-state index is 12.7. The van der Waals surface area contributed by atoms with E-state index in [9.17, 15) is 8.42 Å². The number of benzene rings is 2. The van der Waals surface area contributed by atoms with Gasteiger partial charge in [0.2, 0.25) is 0 Å². The third kappa shape index (κ3) is 2.10. The molecule has 1 heterocycles. The predicted octanol–water partition coefficient (Wildman–Crippen LogP) is 4.19. The molecule has 3 nitrogen and oxygen atoms in total. The van der Waals surface area contributed by atoms with Gasteiger partial charge in [0.1, 0.15) is 4.90 Å². The largest absolute Gasteiger partial charge is 0.269 e. The summed E-state index contributed by atoms with van der Waals surface area (Å²) in [5, 5.41) is 1.31. The van der Waals surface area contributed by atoms with Crippen molar-refractivity contribution < 1.29 is 8.42 Å². The summed E-state index contributed by atoms with van der Waals surface area (Å²) in [6.45, 7) is 0. The molecule has 0 unspecified atom stereocenters. The molecule has 0 spiro atoms. The van der Waals surface area contributed by atoms with Gasteiger partial charge in [-0.15, -0.1) is 0 Å². The lowest BCUT2D eigenvalue weighted by Gasteiger charge is -2.09. The van der Waals surface area contributed by atoms with E-state index in [0.717, 1.165) is 5.39 Å². The van der Waals surface area contributed by atoms with Crippen LogP contribution in [0.3, 0.4) is 0 Å². The number of nitrogens with zero attached hydrogens (tertiary/aromatic N) is 1. The van der Waals surface area contributed by atoms with Crippen LogP contribution in [0.15, 0.2) is 59.6 Å². The fraction of sp³-hybridized carbons (Fsp3) is 0. The summed E-state index contributed by atoms with van der Waals surface area (Å²) >= 11 is 11.9. The smallest absolute Gasteiger partial charge is 0.241 e. The first kappa shape index (κ1) is 13.5. The topological polar surface area (TPSA) is 39.1 Å². The second kappa shape index (κ2) is 4.81.